The maximum Gasteiger partial charge on any atom is 0.227 e. The second kappa shape index (κ2) is 6.40. The highest BCUT2D eigenvalue weighted by atomic mass is 32.2. The van der Waals surface area contributed by atoms with Crippen molar-refractivity contribution < 1.29 is 8.42 Å². The summed E-state index contributed by atoms with van der Waals surface area (Å²) in [5.74, 6) is 1.96. The first-order valence-electron chi connectivity index (χ1n) is 8.14. The van der Waals surface area contributed by atoms with E-state index in [2.05, 4.69) is 15.3 Å². The number of hydrogen-bond acceptors (Lipinski definition) is 6. The van der Waals surface area contributed by atoms with Gasteiger partial charge in [-0.25, -0.2) is 13.4 Å². The van der Waals surface area contributed by atoms with Gasteiger partial charge in [-0.3, -0.25) is 0 Å². The van der Waals surface area contributed by atoms with Crippen molar-refractivity contribution in [3.05, 3.63) is 12.3 Å². The van der Waals surface area contributed by atoms with E-state index >= 15 is 0 Å². The average molecular weight is 324 g/mol. The summed E-state index contributed by atoms with van der Waals surface area (Å²) in [6.45, 7) is 2.73. The number of aromatic nitrogens is 2. The van der Waals surface area contributed by atoms with Crippen molar-refractivity contribution >= 4 is 21.6 Å². The van der Waals surface area contributed by atoms with Crippen LogP contribution in [0.1, 0.15) is 39.0 Å². The smallest absolute Gasteiger partial charge is 0.227 e. The minimum absolute atomic E-state index is 0.00303. The minimum atomic E-state index is -2.90. The molecule has 1 aliphatic heterocycles. The molecule has 1 aromatic rings. The molecule has 0 bridgehead atoms. The molecule has 0 aromatic carbocycles. The predicted octanol–water partition coefficient (Wildman–Crippen LogP) is 1.84. The fraction of sp³-hybridized carbons (Fsp3) is 0.733. The van der Waals surface area contributed by atoms with Gasteiger partial charge in [0.25, 0.3) is 0 Å². The zero-order valence-electron chi connectivity index (χ0n) is 13.0. The van der Waals surface area contributed by atoms with Gasteiger partial charge in [0.05, 0.1) is 11.5 Å². The van der Waals surface area contributed by atoms with Crippen LogP contribution in [0.5, 0.6) is 0 Å². The van der Waals surface area contributed by atoms with Crippen LogP contribution >= 0.6 is 0 Å². The van der Waals surface area contributed by atoms with E-state index in [1.54, 1.807) is 6.20 Å². The van der Waals surface area contributed by atoms with Gasteiger partial charge in [-0.2, -0.15) is 4.98 Å². The van der Waals surface area contributed by atoms with Crippen molar-refractivity contribution in [3.63, 3.8) is 0 Å². The summed E-state index contributed by atoms with van der Waals surface area (Å²) < 4.78 is 23.4. The number of rotatable bonds is 5. The Morgan fingerprint density at radius 1 is 1.32 bits per heavy atom. The molecule has 1 N–H and O–H groups in total. The Kier molecular flexibility index (Phi) is 4.52. The molecule has 22 heavy (non-hydrogen) atoms. The summed E-state index contributed by atoms with van der Waals surface area (Å²) in [5, 5.41) is 3.47. The van der Waals surface area contributed by atoms with Crippen molar-refractivity contribution in [2.24, 2.45) is 0 Å². The van der Waals surface area contributed by atoms with Gasteiger partial charge in [0.1, 0.15) is 5.82 Å². The molecule has 0 radical (unpaired) electrons. The lowest BCUT2D eigenvalue weighted by atomic mass is 10.2. The van der Waals surface area contributed by atoms with Crippen molar-refractivity contribution in [1.29, 1.82) is 0 Å². The third-order valence-electron chi connectivity index (χ3n) is 4.60. The summed E-state index contributed by atoms with van der Waals surface area (Å²) in [6, 6.07) is 2.39. The summed E-state index contributed by atoms with van der Waals surface area (Å²) in [5.41, 5.74) is 0. The lowest BCUT2D eigenvalue weighted by Crippen LogP contribution is -2.37. The van der Waals surface area contributed by atoms with Crippen LogP contribution in [0, 0.1) is 0 Å². The molecule has 2 heterocycles. The molecule has 7 heteroatoms. The normalized spacial score (nSPS) is 24.5. The molecular weight excluding hydrogens is 300 g/mol. The summed E-state index contributed by atoms with van der Waals surface area (Å²) in [7, 11) is -2.90. The molecule has 1 aliphatic carbocycles. The largest absolute Gasteiger partial charge is 0.367 e. The maximum atomic E-state index is 11.7. The molecule has 1 aromatic heterocycles. The highest BCUT2D eigenvalue weighted by Crippen LogP contribution is 2.24. The van der Waals surface area contributed by atoms with Gasteiger partial charge < -0.3 is 10.2 Å². The Labute approximate surface area is 132 Å². The number of nitrogens with one attached hydrogen (secondary N) is 1. The number of hydrogen-bond donors (Lipinski definition) is 1. The van der Waals surface area contributed by atoms with Crippen LogP contribution in [-0.2, 0) is 9.84 Å². The van der Waals surface area contributed by atoms with Gasteiger partial charge >= 0.3 is 0 Å². The van der Waals surface area contributed by atoms with E-state index in [0.717, 1.165) is 5.82 Å². The Balaban J connectivity index is 1.74. The number of anilines is 2. The van der Waals surface area contributed by atoms with E-state index in [-0.39, 0.29) is 17.5 Å². The van der Waals surface area contributed by atoms with Crippen molar-refractivity contribution in [3.8, 4) is 0 Å². The zero-order chi connectivity index (χ0) is 15.6. The van der Waals surface area contributed by atoms with Crippen LogP contribution in [0.25, 0.3) is 0 Å². The molecule has 0 amide bonds. The quantitative estimate of drug-likeness (QED) is 0.891. The summed E-state index contributed by atoms with van der Waals surface area (Å²) in [4.78, 5) is 11.0. The van der Waals surface area contributed by atoms with Crippen LogP contribution in [0.3, 0.4) is 0 Å². The average Bonchev–Trinajstić information content (AvgIpc) is 3.10. The van der Waals surface area contributed by atoms with E-state index in [0.29, 0.717) is 25.0 Å². The van der Waals surface area contributed by atoms with Gasteiger partial charge in [0, 0.05) is 24.8 Å². The van der Waals surface area contributed by atoms with E-state index in [9.17, 15) is 8.42 Å². The first-order valence-corrected chi connectivity index (χ1v) is 9.96. The zero-order valence-corrected chi connectivity index (χ0v) is 13.8. The molecule has 2 aliphatic rings. The fourth-order valence-corrected chi connectivity index (χ4v) is 5.16. The van der Waals surface area contributed by atoms with Crippen molar-refractivity contribution in [2.45, 2.75) is 51.1 Å². The van der Waals surface area contributed by atoms with Crippen LogP contribution in [0.4, 0.5) is 11.8 Å². The van der Waals surface area contributed by atoms with E-state index < -0.39 is 9.84 Å². The SMILES string of the molecule is CCN(c1nccc(NC2CCCC2)n1)C1CCS(=O)(=O)C1. The molecule has 0 spiro atoms. The Morgan fingerprint density at radius 2 is 2.09 bits per heavy atom. The first kappa shape index (κ1) is 15.5. The van der Waals surface area contributed by atoms with Crippen molar-refractivity contribution in [2.75, 3.05) is 28.3 Å². The van der Waals surface area contributed by atoms with E-state index in [1.165, 1.54) is 25.7 Å². The highest BCUT2D eigenvalue weighted by molar-refractivity contribution is 7.91. The molecule has 6 nitrogen and oxygen atoms in total. The second-order valence-electron chi connectivity index (χ2n) is 6.21. The van der Waals surface area contributed by atoms with Gasteiger partial charge in [-0.05, 0) is 32.3 Å². The Hall–Kier alpha value is -1.37. The molecular formula is C15H24N4O2S. The van der Waals surface area contributed by atoms with Crippen LogP contribution in [0.2, 0.25) is 0 Å². The van der Waals surface area contributed by atoms with Crippen molar-refractivity contribution in [1.82, 2.24) is 9.97 Å². The standard InChI is InChI=1S/C15H24N4O2S/c1-2-19(13-8-10-22(20,21)11-13)15-16-9-7-14(18-15)17-12-5-3-4-6-12/h7,9,12-13H,2-6,8,10-11H2,1H3,(H,16,17,18). The van der Waals surface area contributed by atoms with Gasteiger partial charge in [0.2, 0.25) is 5.95 Å². The Bertz CT molecular complexity index is 614. The van der Waals surface area contributed by atoms with Gasteiger partial charge in [-0.15, -0.1) is 0 Å². The van der Waals surface area contributed by atoms with Crippen LogP contribution in [0.15, 0.2) is 12.3 Å². The molecule has 3 rings (SSSR count). The third kappa shape index (κ3) is 3.51. The first-order chi connectivity index (χ1) is 10.6. The molecule has 2 fully saturated rings. The fourth-order valence-electron chi connectivity index (χ4n) is 3.43. The lowest BCUT2D eigenvalue weighted by molar-refractivity contribution is 0.599. The topological polar surface area (TPSA) is 75.2 Å². The number of sulfone groups is 1. The van der Waals surface area contributed by atoms with Crippen LogP contribution < -0.4 is 10.2 Å². The lowest BCUT2D eigenvalue weighted by Gasteiger charge is -2.27. The van der Waals surface area contributed by atoms with Crippen LogP contribution in [-0.4, -0.2) is 48.5 Å². The molecule has 1 atom stereocenters. The number of nitrogens with zero attached hydrogens (tertiary/aromatic N) is 3. The third-order valence-corrected chi connectivity index (χ3v) is 6.35. The second-order valence-corrected chi connectivity index (χ2v) is 8.44. The molecule has 1 unspecified atom stereocenters. The summed E-state index contributed by atoms with van der Waals surface area (Å²) >= 11 is 0. The molecule has 1 saturated heterocycles. The molecule has 1 saturated carbocycles. The Morgan fingerprint density at radius 3 is 2.73 bits per heavy atom. The maximum absolute atomic E-state index is 11.7. The highest BCUT2D eigenvalue weighted by Gasteiger charge is 2.33. The van der Waals surface area contributed by atoms with Gasteiger partial charge in [0.15, 0.2) is 9.84 Å². The van der Waals surface area contributed by atoms with Gasteiger partial charge in [-0.1, -0.05) is 12.8 Å². The van der Waals surface area contributed by atoms with E-state index in [4.69, 9.17) is 0 Å². The predicted molar refractivity (Wildman–Crippen MR) is 88.0 cm³/mol. The molecule has 122 valence electrons. The monoisotopic (exact) mass is 324 g/mol. The minimum Gasteiger partial charge on any atom is -0.367 e. The van der Waals surface area contributed by atoms with E-state index in [1.807, 2.05) is 17.9 Å². The summed E-state index contributed by atoms with van der Waals surface area (Å²) in [6.07, 6.45) is 7.36.